The van der Waals surface area contributed by atoms with Crippen molar-refractivity contribution in [3.05, 3.63) is 93.5 Å². The molecule has 0 bridgehead atoms. The summed E-state index contributed by atoms with van der Waals surface area (Å²) < 4.78 is 10.4. The number of esters is 1. The Morgan fingerprint density at radius 1 is 1.15 bits per heavy atom. The number of carbonyl (C=O) groups is 3. The molecule has 1 unspecified atom stereocenters. The Morgan fingerprint density at radius 2 is 1.82 bits per heavy atom. The number of hydrogen-bond donors (Lipinski definition) is 1. The van der Waals surface area contributed by atoms with E-state index in [4.69, 9.17) is 9.47 Å². The predicted molar refractivity (Wildman–Crippen MR) is 155 cm³/mol. The summed E-state index contributed by atoms with van der Waals surface area (Å²) in [5, 5.41) is 11.7. The number of aryl methyl sites for hydroxylation is 2. The van der Waals surface area contributed by atoms with Gasteiger partial charge in [-0.15, -0.1) is 0 Å². The summed E-state index contributed by atoms with van der Waals surface area (Å²) >= 11 is 0.957. The van der Waals surface area contributed by atoms with E-state index in [0.29, 0.717) is 28.1 Å². The number of aliphatic hydroxyl groups excluding tert-OH is 1. The molecular weight excluding hydrogens is 528 g/mol. The zero-order valence-electron chi connectivity index (χ0n) is 23.4. The van der Waals surface area contributed by atoms with Crippen LogP contribution in [0.3, 0.4) is 0 Å². The molecule has 2 heterocycles. The highest BCUT2D eigenvalue weighted by molar-refractivity contribution is 7.17. The van der Waals surface area contributed by atoms with Crippen LogP contribution < -0.4 is 9.64 Å². The van der Waals surface area contributed by atoms with Crippen molar-refractivity contribution >= 4 is 39.9 Å². The number of carbonyl (C=O) groups excluding carboxylic acids is 3. The first kappa shape index (κ1) is 28.8. The van der Waals surface area contributed by atoms with Gasteiger partial charge in [-0.1, -0.05) is 69.0 Å². The molecule has 3 aromatic rings. The van der Waals surface area contributed by atoms with Gasteiger partial charge in [-0.3, -0.25) is 14.5 Å². The van der Waals surface area contributed by atoms with Gasteiger partial charge >= 0.3 is 11.9 Å². The number of nitrogens with zero attached hydrogens (tertiary/aromatic N) is 2. The van der Waals surface area contributed by atoms with Crippen LogP contribution in [-0.4, -0.2) is 41.5 Å². The molecule has 0 radical (unpaired) electrons. The average molecular weight is 561 g/mol. The maximum Gasteiger partial charge on any atom is 0.350 e. The fourth-order valence-electron chi connectivity index (χ4n) is 4.56. The van der Waals surface area contributed by atoms with E-state index in [-0.39, 0.29) is 33.4 Å². The van der Waals surface area contributed by atoms with Crippen LogP contribution in [-0.2, 0) is 19.7 Å². The molecule has 208 valence electrons. The third-order valence-electron chi connectivity index (χ3n) is 6.73. The smallest absolute Gasteiger partial charge is 0.350 e. The number of rotatable bonds is 7. The van der Waals surface area contributed by atoms with Crippen LogP contribution in [0.15, 0.2) is 60.7 Å². The van der Waals surface area contributed by atoms with Gasteiger partial charge in [0.15, 0.2) is 5.13 Å². The number of hydrogen-bond acceptors (Lipinski definition) is 8. The monoisotopic (exact) mass is 560 g/mol. The maximum absolute atomic E-state index is 13.6. The number of Topliss-reactive ketones (excluding diaryl/α,β-unsaturated/α-hetero) is 1. The number of aliphatic hydroxyl groups is 1. The van der Waals surface area contributed by atoms with Crippen LogP contribution in [0.2, 0.25) is 0 Å². The molecule has 4 rings (SSSR count). The molecule has 0 spiro atoms. The van der Waals surface area contributed by atoms with Crippen LogP contribution in [0.5, 0.6) is 5.75 Å². The van der Waals surface area contributed by atoms with E-state index in [9.17, 15) is 19.5 Å². The molecule has 1 N–H and O–H groups in total. The second-order valence-corrected chi connectivity index (χ2v) is 11.5. The molecule has 2 aromatic carbocycles. The van der Waals surface area contributed by atoms with Gasteiger partial charge in [0, 0.05) is 5.56 Å². The topological polar surface area (TPSA) is 106 Å². The van der Waals surface area contributed by atoms with Gasteiger partial charge in [-0.2, -0.15) is 0 Å². The second-order valence-electron chi connectivity index (χ2n) is 10.5. The highest BCUT2D eigenvalue weighted by Gasteiger charge is 2.48. The minimum atomic E-state index is -0.974. The summed E-state index contributed by atoms with van der Waals surface area (Å²) in [5.41, 5.74) is 2.93. The van der Waals surface area contributed by atoms with Gasteiger partial charge in [-0.25, -0.2) is 9.78 Å². The molecule has 1 atom stereocenters. The van der Waals surface area contributed by atoms with E-state index in [0.717, 1.165) is 16.9 Å². The van der Waals surface area contributed by atoms with Crippen molar-refractivity contribution in [3.8, 4) is 5.75 Å². The lowest BCUT2D eigenvalue weighted by atomic mass is 9.85. The lowest BCUT2D eigenvalue weighted by Crippen LogP contribution is -2.29. The molecule has 0 aliphatic carbocycles. The Labute approximate surface area is 237 Å². The Kier molecular flexibility index (Phi) is 7.98. The highest BCUT2D eigenvalue weighted by Crippen LogP contribution is 2.44. The van der Waals surface area contributed by atoms with E-state index >= 15 is 0 Å². The van der Waals surface area contributed by atoms with E-state index < -0.39 is 23.7 Å². The Balaban J connectivity index is 1.91. The maximum atomic E-state index is 13.6. The molecule has 1 aliphatic heterocycles. The van der Waals surface area contributed by atoms with Gasteiger partial charge in [0.2, 0.25) is 0 Å². The molecule has 8 nitrogen and oxygen atoms in total. The van der Waals surface area contributed by atoms with Crippen molar-refractivity contribution in [2.24, 2.45) is 0 Å². The quantitative estimate of drug-likeness (QED) is 0.124. The number of thiazole rings is 1. The van der Waals surface area contributed by atoms with Gasteiger partial charge in [0.1, 0.15) is 23.0 Å². The fourth-order valence-corrected chi connectivity index (χ4v) is 5.55. The zero-order valence-corrected chi connectivity index (χ0v) is 24.2. The molecule has 1 aromatic heterocycles. The lowest BCUT2D eigenvalue weighted by molar-refractivity contribution is -0.132. The first-order valence-electron chi connectivity index (χ1n) is 12.7. The first-order valence-corrected chi connectivity index (χ1v) is 13.5. The molecular formula is C31H32N2O6S. The first-order chi connectivity index (χ1) is 18.9. The van der Waals surface area contributed by atoms with Crippen molar-refractivity contribution in [1.82, 2.24) is 4.98 Å². The summed E-state index contributed by atoms with van der Waals surface area (Å²) in [6.45, 7) is 13.3. The van der Waals surface area contributed by atoms with Crippen LogP contribution >= 0.6 is 11.3 Å². The third kappa shape index (κ3) is 5.29. The predicted octanol–water partition coefficient (Wildman–Crippen LogP) is 6.04. The third-order valence-corrected chi connectivity index (χ3v) is 7.87. The minimum Gasteiger partial charge on any atom is -0.507 e. The number of ether oxygens (including phenoxy) is 2. The SMILES string of the molecule is C=CCOC(=O)c1sc(N2C(=O)C(=O)/C(=C(/O)c3ccc(OC)cc3C)C2c2ccc(C(C)(C)C)cc2)nc1C. The van der Waals surface area contributed by atoms with Crippen molar-refractivity contribution in [1.29, 1.82) is 0 Å². The van der Waals surface area contributed by atoms with Gasteiger partial charge < -0.3 is 14.6 Å². The number of anilines is 1. The number of ketones is 1. The van der Waals surface area contributed by atoms with Crippen molar-refractivity contribution in [3.63, 3.8) is 0 Å². The lowest BCUT2D eigenvalue weighted by Gasteiger charge is -2.25. The Morgan fingerprint density at radius 3 is 2.40 bits per heavy atom. The largest absolute Gasteiger partial charge is 0.507 e. The molecule has 1 amide bonds. The van der Waals surface area contributed by atoms with Gasteiger partial charge in [0.05, 0.1) is 24.4 Å². The van der Waals surface area contributed by atoms with E-state index in [2.05, 4.69) is 32.3 Å². The molecule has 40 heavy (non-hydrogen) atoms. The standard InChI is InChI=1S/C31H32N2O6S/c1-8-15-39-29(37)27-18(3)32-30(40-27)33-24(19-9-11-20(12-10-19)31(4,5)6)23(26(35)28(33)36)25(34)22-14-13-21(38-7)16-17(22)2/h8-14,16,24,34H,1,15H2,2-7H3/b25-23+. The summed E-state index contributed by atoms with van der Waals surface area (Å²) in [6, 6.07) is 11.7. The fraction of sp³-hybridized carbons (Fsp3) is 0.290. The molecule has 1 saturated heterocycles. The van der Waals surface area contributed by atoms with Crippen LogP contribution in [0.4, 0.5) is 5.13 Å². The van der Waals surface area contributed by atoms with Crippen molar-refractivity contribution in [2.45, 2.75) is 46.1 Å². The van der Waals surface area contributed by atoms with Crippen LogP contribution in [0, 0.1) is 13.8 Å². The number of methoxy groups -OCH3 is 1. The van der Waals surface area contributed by atoms with Crippen LogP contribution in [0.1, 0.15) is 64.4 Å². The summed E-state index contributed by atoms with van der Waals surface area (Å²) in [4.78, 5) is 45.6. The average Bonchev–Trinajstić information content (AvgIpc) is 3.42. The van der Waals surface area contributed by atoms with Gasteiger partial charge in [0.25, 0.3) is 5.78 Å². The van der Waals surface area contributed by atoms with Crippen molar-refractivity contribution in [2.75, 3.05) is 18.6 Å². The van der Waals surface area contributed by atoms with E-state index in [1.165, 1.54) is 11.0 Å². The summed E-state index contributed by atoms with van der Waals surface area (Å²) in [6.07, 6.45) is 1.45. The summed E-state index contributed by atoms with van der Waals surface area (Å²) in [5.74, 6) is -2.00. The van der Waals surface area contributed by atoms with Crippen LogP contribution in [0.25, 0.3) is 5.76 Å². The minimum absolute atomic E-state index is 0.0252. The molecule has 1 fully saturated rings. The normalized spacial score (nSPS) is 16.8. The van der Waals surface area contributed by atoms with E-state index in [1.54, 1.807) is 39.2 Å². The number of benzene rings is 2. The Bertz CT molecular complexity index is 1530. The Hall–Kier alpha value is -4.24. The van der Waals surface area contributed by atoms with E-state index in [1.807, 2.05) is 24.3 Å². The van der Waals surface area contributed by atoms with Gasteiger partial charge in [-0.05, 0) is 54.2 Å². The number of aromatic nitrogens is 1. The number of amides is 1. The molecule has 0 saturated carbocycles. The second kappa shape index (κ2) is 11.1. The molecule has 9 heteroatoms. The summed E-state index contributed by atoms with van der Waals surface area (Å²) in [7, 11) is 1.54. The zero-order chi connectivity index (χ0) is 29.4. The van der Waals surface area contributed by atoms with Crippen molar-refractivity contribution < 1.29 is 29.0 Å². The molecule has 1 aliphatic rings. The highest BCUT2D eigenvalue weighted by atomic mass is 32.1.